The monoisotopic (exact) mass is 271 g/mol. The van der Waals surface area contributed by atoms with E-state index in [1.807, 2.05) is 7.05 Å². The molecule has 0 aliphatic heterocycles. The summed E-state index contributed by atoms with van der Waals surface area (Å²) in [5.41, 5.74) is 5.45. The van der Waals surface area contributed by atoms with E-state index in [1.54, 1.807) is 4.90 Å². The third kappa shape index (κ3) is 4.90. The Morgan fingerprint density at radius 3 is 2.50 bits per heavy atom. The summed E-state index contributed by atoms with van der Waals surface area (Å²) in [5, 5.41) is 0. The molecule has 0 aromatic carbocycles. The summed E-state index contributed by atoms with van der Waals surface area (Å²) < 4.78 is 0. The van der Waals surface area contributed by atoms with Gasteiger partial charge in [0, 0.05) is 26.1 Å². The number of rotatable bonds is 7. The van der Waals surface area contributed by atoms with Gasteiger partial charge in [0.25, 0.3) is 0 Å². The van der Waals surface area contributed by atoms with E-state index in [-0.39, 0.29) is 5.91 Å². The molecule has 0 radical (unpaired) electrons. The van der Waals surface area contributed by atoms with Gasteiger partial charge in [0.1, 0.15) is 0 Å². The van der Waals surface area contributed by atoms with Crippen molar-refractivity contribution in [2.75, 3.05) is 26.7 Å². The first-order valence-electron chi connectivity index (χ1n) is 6.81. The molecule has 1 aliphatic rings. The zero-order chi connectivity index (χ0) is 13.5. The summed E-state index contributed by atoms with van der Waals surface area (Å²) in [7, 11) is 1.82. The summed E-state index contributed by atoms with van der Waals surface area (Å²) in [5.74, 6) is 0.167. The van der Waals surface area contributed by atoms with E-state index in [0.29, 0.717) is 30.5 Å². The third-order valence-corrected chi connectivity index (χ3v) is 3.91. The summed E-state index contributed by atoms with van der Waals surface area (Å²) in [6.07, 6.45) is 5.67. The van der Waals surface area contributed by atoms with Gasteiger partial charge in [-0.2, -0.15) is 0 Å². The van der Waals surface area contributed by atoms with Crippen LogP contribution in [0.15, 0.2) is 0 Å². The van der Waals surface area contributed by atoms with Gasteiger partial charge < -0.3 is 10.6 Å². The quantitative estimate of drug-likeness (QED) is 0.711. The molecule has 1 fully saturated rings. The van der Waals surface area contributed by atoms with Crippen LogP contribution in [0, 0.1) is 0 Å². The highest BCUT2D eigenvalue weighted by Gasteiger charge is 2.23. The van der Waals surface area contributed by atoms with Crippen LogP contribution in [0.3, 0.4) is 0 Å². The SMILES string of the molecule is CCN(CC(=O)N(C)CCC(N)=S)C1CCCC1. The zero-order valence-corrected chi connectivity index (χ0v) is 12.3. The van der Waals surface area contributed by atoms with Crippen molar-refractivity contribution in [1.29, 1.82) is 0 Å². The van der Waals surface area contributed by atoms with Crippen LogP contribution in [0.2, 0.25) is 0 Å². The van der Waals surface area contributed by atoms with Gasteiger partial charge in [0.15, 0.2) is 0 Å². The van der Waals surface area contributed by atoms with Crippen molar-refractivity contribution in [2.45, 2.75) is 45.1 Å². The average molecular weight is 271 g/mol. The number of carbonyl (C=O) groups is 1. The molecule has 0 heterocycles. The van der Waals surface area contributed by atoms with Crippen molar-refractivity contribution in [3.63, 3.8) is 0 Å². The molecule has 1 rings (SSSR count). The van der Waals surface area contributed by atoms with Gasteiger partial charge in [0.05, 0.1) is 11.5 Å². The first-order chi connectivity index (χ1) is 8.54. The minimum absolute atomic E-state index is 0.167. The molecular formula is C13H25N3OS. The lowest BCUT2D eigenvalue weighted by Crippen LogP contribution is -2.43. The fourth-order valence-corrected chi connectivity index (χ4v) is 2.56. The molecule has 0 bridgehead atoms. The van der Waals surface area contributed by atoms with Crippen molar-refractivity contribution < 1.29 is 4.79 Å². The number of hydrogen-bond donors (Lipinski definition) is 1. The smallest absolute Gasteiger partial charge is 0.236 e. The maximum absolute atomic E-state index is 12.1. The molecule has 0 aromatic rings. The lowest BCUT2D eigenvalue weighted by atomic mass is 10.2. The Morgan fingerprint density at radius 1 is 1.39 bits per heavy atom. The average Bonchev–Trinajstić information content (AvgIpc) is 2.86. The Labute approximate surface area is 115 Å². The second kappa shape index (κ2) is 7.69. The first kappa shape index (κ1) is 15.4. The molecule has 0 unspecified atom stereocenters. The molecule has 1 saturated carbocycles. The highest BCUT2D eigenvalue weighted by molar-refractivity contribution is 7.80. The summed E-state index contributed by atoms with van der Waals surface area (Å²) in [4.78, 5) is 16.6. The normalized spacial score (nSPS) is 16.2. The maximum atomic E-state index is 12.1. The van der Waals surface area contributed by atoms with Crippen molar-refractivity contribution >= 4 is 23.1 Å². The van der Waals surface area contributed by atoms with Crippen LogP contribution >= 0.6 is 12.2 Å². The number of nitrogens with two attached hydrogens (primary N) is 1. The topological polar surface area (TPSA) is 49.6 Å². The van der Waals surface area contributed by atoms with Gasteiger partial charge >= 0.3 is 0 Å². The Kier molecular flexibility index (Phi) is 6.57. The lowest BCUT2D eigenvalue weighted by molar-refractivity contribution is -0.131. The van der Waals surface area contributed by atoms with Gasteiger partial charge in [-0.05, 0) is 19.4 Å². The first-order valence-corrected chi connectivity index (χ1v) is 7.21. The van der Waals surface area contributed by atoms with Crippen molar-refractivity contribution in [3.8, 4) is 0 Å². The molecule has 0 atom stereocenters. The molecule has 4 nitrogen and oxygen atoms in total. The summed E-state index contributed by atoms with van der Waals surface area (Å²) in [6.45, 7) is 4.21. The zero-order valence-electron chi connectivity index (χ0n) is 11.5. The predicted octanol–water partition coefficient (Wildman–Crippen LogP) is 1.39. The predicted molar refractivity (Wildman–Crippen MR) is 78.5 cm³/mol. The van der Waals surface area contributed by atoms with Crippen LogP contribution in [-0.2, 0) is 4.79 Å². The summed E-state index contributed by atoms with van der Waals surface area (Å²) >= 11 is 4.83. The van der Waals surface area contributed by atoms with Crippen LogP contribution in [0.5, 0.6) is 0 Å². The van der Waals surface area contributed by atoms with Gasteiger partial charge in [-0.25, -0.2) is 0 Å². The molecule has 0 spiro atoms. The summed E-state index contributed by atoms with van der Waals surface area (Å²) in [6, 6.07) is 0.600. The fraction of sp³-hybridized carbons (Fsp3) is 0.846. The van der Waals surface area contributed by atoms with E-state index < -0.39 is 0 Å². The molecule has 1 aliphatic carbocycles. The van der Waals surface area contributed by atoms with Gasteiger partial charge in [-0.3, -0.25) is 9.69 Å². The second-order valence-electron chi connectivity index (χ2n) is 5.03. The van der Waals surface area contributed by atoms with Gasteiger partial charge in [-0.1, -0.05) is 32.0 Å². The standard InChI is InChI=1S/C13H25N3OS/c1-3-16(11-6-4-5-7-11)10-13(17)15(2)9-8-12(14)18/h11H,3-10H2,1-2H3,(H2,14,18). The number of hydrogen-bond acceptors (Lipinski definition) is 3. The van der Waals surface area contributed by atoms with Gasteiger partial charge in [0.2, 0.25) is 5.91 Å². The van der Waals surface area contributed by atoms with Crippen LogP contribution < -0.4 is 5.73 Å². The Bertz CT molecular complexity index is 290. The number of amides is 1. The minimum Gasteiger partial charge on any atom is -0.393 e. The van der Waals surface area contributed by atoms with Crippen LogP contribution in [-0.4, -0.2) is 53.4 Å². The Balaban J connectivity index is 2.38. The Hall–Kier alpha value is -0.680. The third-order valence-electron chi connectivity index (χ3n) is 3.70. The molecule has 1 amide bonds. The van der Waals surface area contributed by atoms with Crippen molar-refractivity contribution in [3.05, 3.63) is 0 Å². The number of carbonyl (C=O) groups excluding carboxylic acids is 1. The van der Waals surface area contributed by atoms with E-state index >= 15 is 0 Å². The molecule has 2 N–H and O–H groups in total. The van der Waals surface area contributed by atoms with Crippen molar-refractivity contribution in [2.24, 2.45) is 5.73 Å². The van der Waals surface area contributed by atoms with E-state index in [2.05, 4.69) is 11.8 Å². The fourth-order valence-electron chi connectivity index (χ4n) is 2.47. The van der Waals surface area contributed by atoms with E-state index in [1.165, 1.54) is 25.7 Å². The number of thiocarbonyl (C=S) groups is 1. The van der Waals surface area contributed by atoms with Crippen molar-refractivity contribution in [1.82, 2.24) is 9.80 Å². The lowest BCUT2D eigenvalue weighted by Gasteiger charge is -2.28. The highest BCUT2D eigenvalue weighted by Crippen LogP contribution is 2.23. The number of nitrogens with zero attached hydrogens (tertiary/aromatic N) is 2. The van der Waals surface area contributed by atoms with Crippen LogP contribution in [0.4, 0.5) is 0 Å². The van der Waals surface area contributed by atoms with E-state index in [9.17, 15) is 4.79 Å². The Morgan fingerprint density at radius 2 is 2.00 bits per heavy atom. The molecule has 0 saturated heterocycles. The maximum Gasteiger partial charge on any atom is 0.236 e. The minimum atomic E-state index is 0.167. The number of likely N-dealkylation sites (N-methyl/N-ethyl adjacent to an activating group) is 2. The molecule has 18 heavy (non-hydrogen) atoms. The molecule has 5 heteroatoms. The van der Waals surface area contributed by atoms with Crippen LogP contribution in [0.25, 0.3) is 0 Å². The molecule has 0 aromatic heterocycles. The van der Waals surface area contributed by atoms with Crippen LogP contribution in [0.1, 0.15) is 39.0 Å². The van der Waals surface area contributed by atoms with Gasteiger partial charge in [-0.15, -0.1) is 0 Å². The second-order valence-corrected chi connectivity index (χ2v) is 5.56. The van der Waals surface area contributed by atoms with E-state index in [0.717, 1.165) is 6.54 Å². The largest absolute Gasteiger partial charge is 0.393 e. The molecular weight excluding hydrogens is 246 g/mol. The molecule has 104 valence electrons. The highest BCUT2D eigenvalue weighted by atomic mass is 32.1. The van der Waals surface area contributed by atoms with E-state index in [4.69, 9.17) is 18.0 Å².